The highest BCUT2D eigenvalue weighted by molar-refractivity contribution is 5.56. The van der Waals surface area contributed by atoms with E-state index >= 15 is 0 Å². The van der Waals surface area contributed by atoms with Crippen molar-refractivity contribution < 1.29 is 9.66 Å². The van der Waals surface area contributed by atoms with Crippen molar-refractivity contribution in [2.24, 2.45) is 0 Å². The summed E-state index contributed by atoms with van der Waals surface area (Å²) in [6.07, 6.45) is 3.44. The lowest BCUT2D eigenvalue weighted by molar-refractivity contribution is -0.384. The Morgan fingerprint density at radius 1 is 1.48 bits per heavy atom. The molecule has 0 saturated carbocycles. The molecule has 1 aliphatic heterocycles. The summed E-state index contributed by atoms with van der Waals surface area (Å²) in [5.41, 5.74) is 0.785. The Bertz CT molecular complexity index is 485. The molecule has 1 aliphatic rings. The van der Waals surface area contributed by atoms with Gasteiger partial charge in [0.25, 0.3) is 5.69 Å². The number of hydrogen-bond donors (Lipinski definition) is 2. The number of ether oxygens (including phenoxy) is 1. The van der Waals surface area contributed by atoms with Crippen LogP contribution >= 0.6 is 0 Å². The second-order valence-electron chi connectivity index (χ2n) is 5.65. The highest BCUT2D eigenvalue weighted by atomic mass is 16.6. The Morgan fingerprint density at radius 2 is 2.29 bits per heavy atom. The molecule has 2 N–H and O–H groups in total. The number of benzene rings is 1. The van der Waals surface area contributed by atoms with Gasteiger partial charge < -0.3 is 15.4 Å². The van der Waals surface area contributed by atoms with Crippen molar-refractivity contribution >= 4 is 11.4 Å². The third kappa shape index (κ3) is 4.90. The molecule has 1 fully saturated rings. The van der Waals surface area contributed by atoms with Gasteiger partial charge in [0, 0.05) is 30.4 Å². The van der Waals surface area contributed by atoms with E-state index in [1.54, 1.807) is 6.07 Å². The Labute approximate surface area is 125 Å². The normalized spacial score (nSPS) is 18.0. The second kappa shape index (κ2) is 7.26. The predicted octanol–water partition coefficient (Wildman–Crippen LogP) is 2.94. The van der Waals surface area contributed by atoms with Crippen LogP contribution in [-0.4, -0.2) is 30.2 Å². The van der Waals surface area contributed by atoms with Gasteiger partial charge in [0.15, 0.2) is 0 Å². The average Bonchev–Trinajstić information content (AvgIpc) is 2.90. The van der Waals surface area contributed by atoms with Crippen LogP contribution in [0.3, 0.4) is 0 Å². The molecule has 0 radical (unpaired) electrons. The van der Waals surface area contributed by atoms with Crippen molar-refractivity contribution in [2.75, 3.05) is 18.4 Å². The van der Waals surface area contributed by atoms with Gasteiger partial charge >= 0.3 is 0 Å². The van der Waals surface area contributed by atoms with Crippen molar-refractivity contribution in [2.45, 2.75) is 45.3 Å². The van der Waals surface area contributed by atoms with Crippen molar-refractivity contribution in [3.63, 3.8) is 0 Å². The van der Waals surface area contributed by atoms with Crippen LogP contribution in [0.2, 0.25) is 0 Å². The molecule has 6 nitrogen and oxygen atoms in total. The molecule has 0 amide bonds. The maximum atomic E-state index is 11.0. The van der Waals surface area contributed by atoms with Crippen molar-refractivity contribution in [3.8, 4) is 5.75 Å². The number of non-ortho nitro benzene ring substituents is 1. The molecule has 21 heavy (non-hydrogen) atoms. The molecule has 116 valence electrons. The first-order valence-corrected chi connectivity index (χ1v) is 7.48. The first-order valence-electron chi connectivity index (χ1n) is 7.48. The molecule has 1 atom stereocenters. The Hall–Kier alpha value is -1.82. The van der Waals surface area contributed by atoms with E-state index in [9.17, 15) is 10.1 Å². The van der Waals surface area contributed by atoms with Crippen molar-refractivity contribution in [1.82, 2.24) is 5.32 Å². The van der Waals surface area contributed by atoms with E-state index in [1.165, 1.54) is 18.9 Å². The smallest absolute Gasteiger partial charge is 0.275 e. The molecule has 1 heterocycles. The molecular formula is C15H23N3O3. The summed E-state index contributed by atoms with van der Waals surface area (Å²) in [5, 5.41) is 17.7. The molecule has 0 aliphatic carbocycles. The molecule has 0 unspecified atom stereocenters. The monoisotopic (exact) mass is 293 g/mol. The van der Waals surface area contributed by atoms with E-state index in [0.717, 1.165) is 25.2 Å². The van der Waals surface area contributed by atoms with E-state index in [1.807, 2.05) is 19.9 Å². The maximum Gasteiger partial charge on any atom is 0.275 e. The first-order chi connectivity index (χ1) is 10.0. The predicted molar refractivity (Wildman–Crippen MR) is 83.0 cm³/mol. The Balaban J connectivity index is 1.99. The minimum atomic E-state index is -0.392. The van der Waals surface area contributed by atoms with Gasteiger partial charge in [0.2, 0.25) is 0 Å². The number of nitrogens with one attached hydrogen (secondary N) is 2. The van der Waals surface area contributed by atoms with Gasteiger partial charge in [0.05, 0.1) is 17.1 Å². The third-order valence-corrected chi connectivity index (χ3v) is 3.46. The number of anilines is 1. The quantitative estimate of drug-likeness (QED) is 0.597. The number of rotatable bonds is 7. The summed E-state index contributed by atoms with van der Waals surface area (Å²) in [5.74, 6) is 0.528. The molecule has 1 aromatic rings. The zero-order chi connectivity index (χ0) is 15.2. The van der Waals surface area contributed by atoms with Gasteiger partial charge in [-0.25, -0.2) is 0 Å². The van der Waals surface area contributed by atoms with Gasteiger partial charge in [-0.3, -0.25) is 10.1 Å². The lowest BCUT2D eigenvalue weighted by Crippen LogP contribution is -2.24. The fourth-order valence-corrected chi connectivity index (χ4v) is 2.52. The summed E-state index contributed by atoms with van der Waals surface area (Å²) < 4.78 is 5.57. The molecule has 2 rings (SSSR count). The van der Waals surface area contributed by atoms with Crippen LogP contribution in [0.4, 0.5) is 11.4 Å². The fourth-order valence-electron chi connectivity index (χ4n) is 2.52. The van der Waals surface area contributed by atoms with Crippen LogP contribution in [0.15, 0.2) is 18.2 Å². The molecule has 6 heteroatoms. The van der Waals surface area contributed by atoms with Crippen LogP contribution < -0.4 is 15.4 Å². The van der Waals surface area contributed by atoms with E-state index < -0.39 is 4.92 Å². The van der Waals surface area contributed by atoms with E-state index in [4.69, 9.17) is 4.74 Å². The summed E-state index contributed by atoms with van der Waals surface area (Å²) in [7, 11) is 0. The lowest BCUT2D eigenvalue weighted by atomic mass is 10.1. The topological polar surface area (TPSA) is 76.4 Å². The summed E-state index contributed by atoms with van der Waals surface area (Å²) >= 11 is 0. The maximum absolute atomic E-state index is 11.0. The summed E-state index contributed by atoms with van der Waals surface area (Å²) in [4.78, 5) is 10.6. The van der Waals surface area contributed by atoms with Crippen LogP contribution in [0.25, 0.3) is 0 Å². The van der Waals surface area contributed by atoms with Gasteiger partial charge in [-0.1, -0.05) is 0 Å². The lowest BCUT2D eigenvalue weighted by Gasteiger charge is -2.14. The van der Waals surface area contributed by atoms with Crippen LogP contribution in [0, 0.1) is 10.1 Å². The number of nitrogens with zero attached hydrogens (tertiary/aromatic N) is 1. The van der Waals surface area contributed by atoms with Gasteiger partial charge in [0.1, 0.15) is 5.75 Å². The number of nitro benzene ring substituents is 1. The van der Waals surface area contributed by atoms with Crippen molar-refractivity contribution in [1.29, 1.82) is 0 Å². The van der Waals surface area contributed by atoms with Gasteiger partial charge in [-0.05, 0) is 39.7 Å². The summed E-state index contributed by atoms with van der Waals surface area (Å²) in [6, 6.07) is 5.39. The number of nitro groups is 1. The molecule has 0 bridgehead atoms. The summed E-state index contributed by atoms with van der Waals surface area (Å²) in [6.45, 7) is 5.68. The second-order valence-corrected chi connectivity index (χ2v) is 5.65. The Kier molecular flexibility index (Phi) is 5.38. The highest BCUT2D eigenvalue weighted by Crippen LogP contribution is 2.27. The van der Waals surface area contributed by atoms with E-state index in [-0.39, 0.29) is 11.8 Å². The zero-order valence-corrected chi connectivity index (χ0v) is 12.6. The zero-order valence-electron chi connectivity index (χ0n) is 12.6. The number of hydrogen-bond acceptors (Lipinski definition) is 5. The molecule has 0 aromatic heterocycles. The average molecular weight is 293 g/mol. The highest BCUT2D eigenvalue weighted by Gasteiger charge is 2.14. The molecule has 0 spiro atoms. The van der Waals surface area contributed by atoms with Crippen molar-refractivity contribution in [3.05, 3.63) is 28.3 Å². The van der Waals surface area contributed by atoms with Gasteiger partial charge in [-0.2, -0.15) is 0 Å². The van der Waals surface area contributed by atoms with Gasteiger partial charge in [-0.15, -0.1) is 0 Å². The minimum Gasteiger partial charge on any atom is -0.491 e. The molecule has 1 saturated heterocycles. The van der Waals surface area contributed by atoms with Crippen LogP contribution in [0.1, 0.15) is 33.1 Å². The fraction of sp³-hybridized carbons (Fsp3) is 0.600. The first kappa shape index (κ1) is 15.6. The molecule has 1 aromatic carbocycles. The van der Waals surface area contributed by atoms with Crippen LogP contribution in [-0.2, 0) is 0 Å². The third-order valence-electron chi connectivity index (χ3n) is 3.46. The molecular weight excluding hydrogens is 270 g/mol. The SMILES string of the molecule is CC(C)Oc1cc(NCC[C@@H]2CCCN2)cc([N+](=O)[O-])c1. The largest absolute Gasteiger partial charge is 0.491 e. The minimum absolute atomic E-state index is 0.0115. The van der Waals surface area contributed by atoms with E-state index in [0.29, 0.717) is 11.8 Å². The van der Waals surface area contributed by atoms with E-state index in [2.05, 4.69) is 10.6 Å². The Morgan fingerprint density at radius 3 is 2.90 bits per heavy atom. The van der Waals surface area contributed by atoms with Crippen LogP contribution in [0.5, 0.6) is 5.75 Å². The standard InChI is InChI=1S/C15H23N3O3/c1-11(2)21-15-9-13(8-14(10-15)18(19)20)17-7-5-12-4-3-6-16-12/h8-12,16-17H,3-7H2,1-2H3/t12-/m0/s1.